The Morgan fingerprint density at radius 1 is 1.11 bits per heavy atom. The Kier molecular flexibility index (Phi) is 6.57. The van der Waals surface area contributed by atoms with Gasteiger partial charge in [0.2, 0.25) is 0 Å². The molecular weight excluding hydrogens is 352 g/mol. The molecule has 1 aromatic carbocycles. The summed E-state index contributed by atoms with van der Waals surface area (Å²) in [4.78, 5) is 22.7. The van der Waals surface area contributed by atoms with E-state index in [0.29, 0.717) is 18.7 Å². The standard InChI is InChI=1S/C22H24N4O2/c1-3-28-21-7-5-4-6-20(21)25-19-14-18(15-24-16-19)22(27)26(2)13-10-17-8-11-23-12-9-17/h4-9,11-12,14-16,25H,3,10,13H2,1-2H3. The molecule has 0 bridgehead atoms. The number of nitrogens with zero attached hydrogens (tertiary/aromatic N) is 3. The molecular formula is C22H24N4O2. The quantitative estimate of drug-likeness (QED) is 0.645. The van der Waals surface area contributed by atoms with Crippen molar-refractivity contribution in [3.63, 3.8) is 0 Å². The average molecular weight is 376 g/mol. The van der Waals surface area contributed by atoms with Crippen molar-refractivity contribution in [1.29, 1.82) is 0 Å². The van der Waals surface area contributed by atoms with Gasteiger partial charge in [0.1, 0.15) is 5.75 Å². The van der Waals surface area contributed by atoms with E-state index in [2.05, 4.69) is 15.3 Å². The predicted molar refractivity (Wildman–Crippen MR) is 110 cm³/mol. The molecule has 2 aromatic heterocycles. The number of hydrogen-bond acceptors (Lipinski definition) is 5. The van der Waals surface area contributed by atoms with E-state index in [0.717, 1.165) is 29.1 Å². The van der Waals surface area contributed by atoms with Crippen molar-refractivity contribution in [1.82, 2.24) is 14.9 Å². The van der Waals surface area contributed by atoms with Gasteiger partial charge in [0, 0.05) is 32.2 Å². The van der Waals surface area contributed by atoms with E-state index in [1.807, 2.05) is 43.3 Å². The SMILES string of the molecule is CCOc1ccccc1Nc1cncc(C(=O)N(C)CCc2ccncc2)c1. The summed E-state index contributed by atoms with van der Waals surface area (Å²) in [6.45, 7) is 3.14. The smallest absolute Gasteiger partial charge is 0.255 e. The van der Waals surface area contributed by atoms with E-state index in [9.17, 15) is 4.79 Å². The number of nitrogens with one attached hydrogen (secondary N) is 1. The molecule has 0 aliphatic heterocycles. The summed E-state index contributed by atoms with van der Waals surface area (Å²) in [5.74, 6) is 0.694. The van der Waals surface area contributed by atoms with E-state index in [1.165, 1.54) is 0 Å². The summed E-state index contributed by atoms with van der Waals surface area (Å²) in [7, 11) is 1.80. The Bertz CT molecular complexity index is 915. The highest BCUT2D eigenvalue weighted by molar-refractivity contribution is 5.94. The van der Waals surface area contributed by atoms with Crippen LogP contribution in [-0.4, -0.2) is 41.0 Å². The molecule has 28 heavy (non-hydrogen) atoms. The second-order valence-corrected chi connectivity index (χ2v) is 6.35. The van der Waals surface area contributed by atoms with Gasteiger partial charge in [-0.25, -0.2) is 0 Å². The number of carbonyl (C=O) groups is 1. The van der Waals surface area contributed by atoms with Crippen LogP contribution in [0.2, 0.25) is 0 Å². The summed E-state index contributed by atoms with van der Waals surface area (Å²) in [6, 6.07) is 13.4. The fourth-order valence-electron chi connectivity index (χ4n) is 2.80. The fourth-order valence-corrected chi connectivity index (χ4v) is 2.80. The molecule has 0 aliphatic carbocycles. The van der Waals surface area contributed by atoms with E-state index >= 15 is 0 Å². The first-order valence-corrected chi connectivity index (χ1v) is 9.25. The molecule has 1 amide bonds. The first-order valence-electron chi connectivity index (χ1n) is 9.25. The highest BCUT2D eigenvalue weighted by Crippen LogP contribution is 2.27. The van der Waals surface area contributed by atoms with E-state index < -0.39 is 0 Å². The third kappa shape index (κ3) is 5.07. The number of aromatic nitrogens is 2. The van der Waals surface area contributed by atoms with Crippen molar-refractivity contribution in [2.24, 2.45) is 0 Å². The number of ether oxygens (including phenoxy) is 1. The predicted octanol–water partition coefficient (Wildman–Crippen LogP) is 3.93. The average Bonchev–Trinajstić information content (AvgIpc) is 2.74. The first-order chi connectivity index (χ1) is 13.7. The molecule has 3 aromatic rings. The van der Waals surface area contributed by atoms with Crippen molar-refractivity contribution in [2.75, 3.05) is 25.5 Å². The molecule has 0 atom stereocenters. The van der Waals surface area contributed by atoms with Gasteiger partial charge in [-0.2, -0.15) is 0 Å². The Balaban J connectivity index is 1.67. The maximum atomic E-state index is 12.8. The van der Waals surface area contributed by atoms with Crippen LogP contribution < -0.4 is 10.1 Å². The van der Waals surface area contributed by atoms with E-state index in [4.69, 9.17) is 4.74 Å². The number of rotatable bonds is 8. The Morgan fingerprint density at radius 3 is 2.68 bits per heavy atom. The summed E-state index contributed by atoms with van der Waals surface area (Å²) < 4.78 is 5.64. The lowest BCUT2D eigenvalue weighted by atomic mass is 10.2. The van der Waals surface area contributed by atoms with Gasteiger partial charge in [-0.05, 0) is 49.2 Å². The summed E-state index contributed by atoms with van der Waals surface area (Å²) in [5.41, 5.74) is 3.26. The van der Waals surface area contributed by atoms with Crippen molar-refractivity contribution >= 4 is 17.3 Å². The monoisotopic (exact) mass is 376 g/mol. The van der Waals surface area contributed by atoms with E-state index in [-0.39, 0.29) is 5.91 Å². The second-order valence-electron chi connectivity index (χ2n) is 6.35. The van der Waals surface area contributed by atoms with Gasteiger partial charge in [0.25, 0.3) is 5.91 Å². The topological polar surface area (TPSA) is 67.3 Å². The molecule has 0 unspecified atom stereocenters. The Morgan fingerprint density at radius 2 is 1.89 bits per heavy atom. The largest absolute Gasteiger partial charge is 0.492 e. The number of para-hydroxylation sites is 2. The molecule has 6 nitrogen and oxygen atoms in total. The van der Waals surface area contributed by atoms with Crippen LogP contribution in [0.3, 0.4) is 0 Å². The van der Waals surface area contributed by atoms with Crippen LogP contribution in [0.5, 0.6) is 5.75 Å². The molecule has 0 saturated heterocycles. The molecule has 0 saturated carbocycles. The second kappa shape index (κ2) is 9.50. The first kappa shape index (κ1) is 19.4. The van der Waals surface area contributed by atoms with Crippen LogP contribution in [0.1, 0.15) is 22.8 Å². The number of hydrogen-bond donors (Lipinski definition) is 1. The van der Waals surface area contributed by atoms with Crippen LogP contribution >= 0.6 is 0 Å². The van der Waals surface area contributed by atoms with Crippen molar-refractivity contribution in [3.8, 4) is 5.75 Å². The Hall–Kier alpha value is -3.41. The molecule has 3 rings (SSSR count). The van der Waals surface area contributed by atoms with Crippen molar-refractivity contribution in [2.45, 2.75) is 13.3 Å². The van der Waals surface area contributed by atoms with Crippen LogP contribution in [0.15, 0.2) is 67.3 Å². The Labute approximate surface area is 165 Å². The molecule has 1 N–H and O–H groups in total. The maximum absolute atomic E-state index is 12.8. The maximum Gasteiger partial charge on any atom is 0.255 e. The number of amides is 1. The number of carbonyl (C=O) groups excluding carboxylic acids is 1. The third-order valence-electron chi connectivity index (χ3n) is 4.28. The van der Waals surface area contributed by atoms with Gasteiger partial charge in [0.15, 0.2) is 0 Å². The lowest BCUT2D eigenvalue weighted by Crippen LogP contribution is -2.29. The minimum Gasteiger partial charge on any atom is -0.492 e. The fraction of sp³-hybridized carbons (Fsp3) is 0.227. The van der Waals surface area contributed by atoms with Crippen molar-refractivity contribution < 1.29 is 9.53 Å². The zero-order valence-corrected chi connectivity index (χ0v) is 16.1. The van der Waals surface area contributed by atoms with Crippen LogP contribution in [0.4, 0.5) is 11.4 Å². The lowest BCUT2D eigenvalue weighted by Gasteiger charge is -2.18. The molecule has 0 fully saturated rings. The van der Waals surface area contributed by atoms with Gasteiger partial charge >= 0.3 is 0 Å². The normalized spacial score (nSPS) is 10.4. The zero-order chi connectivity index (χ0) is 19.8. The highest BCUT2D eigenvalue weighted by atomic mass is 16.5. The van der Waals surface area contributed by atoms with Gasteiger partial charge in [-0.15, -0.1) is 0 Å². The van der Waals surface area contributed by atoms with Crippen LogP contribution in [-0.2, 0) is 6.42 Å². The van der Waals surface area contributed by atoms with Gasteiger partial charge in [0.05, 0.1) is 29.7 Å². The molecule has 144 valence electrons. The summed E-state index contributed by atoms with van der Waals surface area (Å²) >= 11 is 0. The molecule has 0 aliphatic rings. The minimum absolute atomic E-state index is 0.0664. The van der Waals surface area contributed by atoms with Gasteiger partial charge < -0.3 is 15.0 Å². The third-order valence-corrected chi connectivity index (χ3v) is 4.28. The van der Waals surface area contributed by atoms with E-state index in [1.54, 1.807) is 42.8 Å². The van der Waals surface area contributed by atoms with Crippen molar-refractivity contribution in [3.05, 3.63) is 78.4 Å². The molecule has 0 spiro atoms. The number of likely N-dealkylation sites (N-methyl/N-ethyl adjacent to an activating group) is 1. The van der Waals surface area contributed by atoms with Crippen LogP contribution in [0, 0.1) is 0 Å². The van der Waals surface area contributed by atoms with Crippen LogP contribution in [0.25, 0.3) is 0 Å². The molecule has 6 heteroatoms. The summed E-state index contributed by atoms with van der Waals surface area (Å²) in [6.07, 6.45) is 7.58. The summed E-state index contributed by atoms with van der Waals surface area (Å²) in [5, 5.41) is 3.28. The molecule has 2 heterocycles. The zero-order valence-electron chi connectivity index (χ0n) is 16.1. The molecule has 0 radical (unpaired) electrons. The minimum atomic E-state index is -0.0664. The highest BCUT2D eigenvalue weighted by Gasteiger charge is 2.13. The van der Waals surface area contributed by atoms with Gasteiger partial charge in [-0.3, -0.25) is 14.8 Å². The lowest BCUT2D eigenvalue weighted by molar-refractivity contribution is 0.0796. The number of benzene rings is 1. The number of anilines is 2. The van der Waals surface area contributed by atoms with Gasteiger partial charge in [-0.1, -0.05) is 12.1 Å². The number of pyridine rings is 2.